The van der Waals surface area contributed by atoms with Gasteiger partial charge in [-0.1, -0.05) is 0 Å². The van der Waals surface area contributed by atoms with E-state index in [2.05, 4.69) is 4.90 Å². The molecule has 1 saturated heterocycles. The number of aromatic hydroxyl groups is 1. The average molecular weight is 311 g/mol. The van der Waals surface area contributed by atoms with E-state index in [1.54, 1.807) is 6.26 Å². The molecule has 118 valence electrons. The summed E-state index contributed by atoms with van der Waals surface area (Å²) in [6.45, 7) is 1.92. The molecule has 0 spiro atoms. The van der Waals surface area contributed by atoms with E-state index >= 15 is 0 Å². The number of alkyl halides is 3. The third-order valence-corrected chi connectivity index (χ3v) is 3.93. The monoisotopic (exact) mass is 311 g/mol. The SMILES string of the molecule is Oc1cc(CN2CCC(c3ccco3)C2)cc(C(F)(F)F)c1. The number of nitrogens with zero attached hydrogens (tertiary/aromatic N) is 1. The maximum Gasteiger partial charge on any atom is 0.416 e. The van der Waals surface area contributed by atoms with Gasteiger partial charge in [0.15, 0.2) is 0 Å². The lowest BCUT2D eigenvalue weighted by molar-refractivity contribution is -0.137. The predicted octanol–water partition coefficient (Wildman–Crippen LogP) is 3.99. The zero-order valence-electron chi connectivity index (χ0n) is 11.8. The number of phenolic OH excluding ortho intramolecular Hbond substituents is 1. The molecule has 1 N–H and O–H groups in total. The van der Waals surface area contributed by atoms with E-state index in [0.717, 1.165) is 37.4 Å². The summed E-state index contributed by atoms with van der Waals surface area (Å²) in [7, 11) is 0. The molecule has 0 aliphatic carbocycles. The minimum absolute atomic E-state index is 0.273. The fourth-order valence-corrected chi connectivity index (χ4v) is 2.92. The van der Waals surface area contributed by atoms with Crippen molar-refractivity contribution in [2.45, 2.75) is 25.1 Å². The molecule has 3 nitrogen and oxygen atoms in total. The van der Waals surface area contributed by atoms with E-state index in [9.17, 15) is 18.3 Å². The molecule has 1 unspecified atom stereocenters. The Labute approximate surface area is 126 Å². The number of benzene rings is 1. The average Bonchev–Trinajstić information content (AvgIpc) is 3.07. The second-order valence-corrected chi connectivity index (χ2v) is 5.62. The molecular weight excluding hydrogens is 295 g/mol. The van der Waals surface area contributed by atoms with Gasteiger partial charge >= 0.3 is 6.18 Å². The lowest BCUT2D eigenvalue weighted by Gasteiger charge is -2.17. The van der Waals surface area contributed by atoms with E-state index in [-0.39, 0.29) is 11.7 Å². The number of phenols is 1. The van der Waals surface area contributed by atoms with Crippen LogP contribution in [0.5, 0.6) is 5.75 Å². The molecule has 3 rings (SSSR count). The standard InChI is InChI=1S/C16H16F3NO2/c17-16(18,19)13-6-11(7-14(21)8-13)9-20-4-3-12(10-20)15-2-1-5-22-15/h1-2,5-8,12,21H,3-4,9-10H2. The van der Waals surface area contributed by atoms with Gasteiger partial charge in [0, 0.05) is 19.0 Å². The normalized spacial score (nSPS) is 19.7. The molecule has 2 aromatic rings. The summed E-state index contributed by atoms with van der Waals surface area (Å²) in [4.78, 5) is 2.07. The maximum atomic E-state index is 12.8. The second-order valence-electron chi connectivity index (χ2n) is 5.62. The summed E-state index contributed by atoms with van der Waals surface area (Å²) in [6.07, 6.45) is -1.91. The van der Waals surface area contributed by atoms with Crippen LogP contribution in [-0.2, 0) is 12.7 Å². The van der Waals surface area contributed by atoms with Gasteiger partial charge in [0.2, 0.25) is 0 Å². The van der Waals surface area contributed by atoms with Crippen molar-refractivity contribution < 1.29 is 22.7 Å². The Balaban J connectivity index is 1.70. The maximum absolute atomic E-state index is 12.8. The van der Waals surface area contributed by atoms with Crippen LogP contribution in [0.25, 0.3) is 0 Å². The van der Waals surface area contributed by atoms with E-state index in [4.69, 9.17) is 4.42 Å². The van der Waals surface area contributed by atoms with Crippen molar-refractivity contribution in [2.24, 2.45) is 0 Å². The van der Waals surface area contributed by atoms with Gasteiger partial charge in [-0.05, 0) is 48.9 Å². The molecule has 1 fully saturated rings. The van der Waals surface area contributed by atoms with Crippen molar-refractivity contribution in [3.8, 4) is 5.75 Å². The molecule has 1 aliphatic heterocycles. The van der Waals surface area contributed by atoms with Crippen molar-refractivity contribution in [1.82, 2.24) is 4.90 Å². The zero-order valence-corrected chi connectivity index (χ0v) is 11.8. The highest BCUT2D eigenvalue weighted by Gasteiger charge is 2.32. The molecule has 2 heterocycles. The Morgan fingerprint density at radius 3 is 2.77 bits per heavy atom. The van der Waals surface area contributed by atoms with Crippen molar-refractivity contribution >= 4 is 0 Å². The van der Waals surface area contributed by atoms with Crippen molar-refractivity contribution in [2.75, 3.05) is 13.1 Å². The van der Waals surface area contributed by atoms with E-state index in [1.807, 2.05) is 12.1 Å². The van der Waals surface area contributed by atoms with Gasteiger partial charge in [-0.2, -0.15) is 13.2 Å². The lowest BCUT2D eigenvalue weighted by atomic mass is 10.1. The second kappa shape index (κ2) is 5.68. The van der Waals surface area contributed by atoms with Gasteiger partial charge in [0.1, 0.15) is 11.5 Å². The topological polar surface area (TPSA) is 36.6 Å². The Bertz CT molecular complexity index is 637. The largest absolute Gasteiger partial charge is 0.508 e. The fourth-order valence-electron chi connectivity index (χ4n) is 2.92. The smallest absolute Gasteiger partial charge is 0.416 e. The van der Waals surface area contributed by atoms with Crippen LogP contribution >= 0.6 is 0 Å². The molecule has 22 heavy (non-hydrogen) atoms. The van der Waals surface area contributed by atoms with Gasteiger partial charge in [-0.25, -0.2) is 0 Å². The molecule has 1 aromatic carbocycles. The predicted molar refractivity (Wildman–Crippen MR) is 74.5 cm³/mol. The first-order valence-electron chi connectivity index (χ1n) is 7.08. The first kappa shape index (κ1) is 15.0. The minimum atomic E-state index is -4.45. The first-order valence-corrected chi connectivity index (χ1v) is 7.08. The molecule has 0 bridgehead atoms. The van der Waals surface area contributed by atoms with Crippen LogP contribution in [0.2, 0.25) is 0 Å². The third-order valence-electron chi connectivity index (χ3n) is 3.93. The van der Waals surface area contributed by atoms with Crippen LogP contribution in [0.15, 0.2) is 41.0 Å². The van der Waals surface area contributed by atoms with E-state index < -0.39 is 11.7 Å². The highest BCUT2D eigenvalue weighted by molar-refractivity contribution is 5.35. The quantitative estimate of drug-likeness (QED) is 0.931. The molecule has 0 radical (unpaired) electrons. The van der Waals surface area contributed by atoms with Crippen molar-refractivity contribution in [3.63, 3.8) is 0 Å². The molecule has 0 saturated carbocycles. The number of hydrogen-bond donors (Lipinski definition) is 1. The Morgan fingerprint density at radius 2 is 2.09 bits per heavy atom. The van der Waals surface area contributed by atoms with Gasteiger partial charge in [0.05, 0.1) is 11.8 Å². The number of halogens is 3. The molecule has 6 heteroatoms. The zero-order chi connectivity index (χ0) is 15.7. The lowest BCUT2D eigenvalue weighted by Crippen LogP contribution is -2.20. The van der Waals surface area contributed by atoms with Crippen molar-refractivity contribution in [1.29, 1.82) is 0 Å². The van der Waals surface area contributed by atoms with Crippen LogP contribution in [0.3, 0.4) is 0 Å². The van der Waals surface area contributed by atoms with Crippen LogP contribution in [0.4, 0.5) is 13.2 Å². The van der Waals surface area contributed by atoms with Gasteiger partial charge in [-0.15, -0.1) is 0 Å². The van der Waals surface area contributed by atoms with Gasteiger partial charge in [-0.3, -0.25) is 4.90 Å². The fraction of sp³-hybridized carbons (Fsp3) is 0.375. The molecule has 1 atom stereocenters. The Kier molecular flexibility index (Phi) is 3.87. The van der Waals surface area contributed by atoms with E-state index in [0.29, 0.717) is 12.1 Å². The number of likely N-dealkylation sites (tertiary alicyclic amines) is 1. The molecular formula is C16H16F3NO2. The summed E-state index contributed by atoms with van der Waals surface area (Å²) in [6, 6.07) is 6.99. The number of furan rings is 1. The van der Waals surface area contributed by atoms with E-state index in [1.165, 1.54) is 6.07 Å². The van der Waals surface area contributed by atoms with Crippen LogP contribution in [0.1, 0.15) is 29.2 Å². The van der Waals surface area contributed by atoms with Crippen molar-refractivity contribution in [3.05, 3.63) is 53.5 Å². The molecule has 1 aliphatic rings. The third kappa shape index (κ3) is 3.27. The minimum Gasteiger partial charge on any atom is -0.508 e. The molecule has 1 aromatic heterocycles. The summed E-state index contributed by atoms with van der Waals surface area (Å²) in [5.74, 6) is 0.829. The number of rotatable bonds is 3. The van der Waals surface area contributed by atoms with Gasteiger partial charge in [0.25, 0.3) is 0 Å². The summed E-state index contributed by atoms with van der Waals surface area (Å²) in [5, 5.41) is 9.50. The van der Waals surface area contributed by atoms with Crippen LogP contribution in [-0.4, -0.2) is 23.1 Å². The Morgan fingerprint density at radius 1 is 1.27 bits per heavy atom. The Hall–Kier alpha value is -1.95. The summed E-state index contributed by atoms with van der Waals surface area (Å²) < 4.78 is 43.7. The first-order chi connectivity index (χ1) is 10.4. The van der Waals surface area contributed by atoms with Crippen LogP contribution in [0, 0.1) is 0 Å². The van der Waals surface area contributed by atoms with Crippen LogP contribution < -0.4 is 0 Å². The summed E-state index contributed by atoms with van der Waals surface area (Å²) in [5.41, 5.74) is -0.350. The van der Waals surface area contributed by atoms with Gasteiger partial charge < -0.3 is 9.52 Å². The highest BCUT2D eigenvalue weighted by atomic mass is 19.4. The highest BCUT2D eigenvalue weighted by Crippen LogP contribution is 2.33. The summed E-state index contributed by atoms with van der Waals surface area (Å²) >= 11 is 0. The molecule has 0 amide bonds. The number of hydrogen-bond acceptors (Lipinski definition) is 3.